The highest BCUT2D eigenvalue weighted by Gasteiger charge is 2.17. The Kier molecular flexibility index (Phi) is 6.44. The van der Waals surface area contributed by atoms with Crippen molar-refractivity contribution >= 4 is 17.5 Å². The van der Waals surface area contributed by atoms with Crippen molar-refractivity contribution in [1.82, 2.24) is 25.0 Å². The maximum atomic E-state index is 12.5. The van der Waals surface area contributed by atoms with Crippen molar-refractivity contribution in [2.24, 2.45) is 0 Å². The third-order valence-electron chi connectivity index (χ3n) is 4.86. The minimum atomic E-state index is -0.146. The van der Waals surface area contributed by atoms with Gasteiger partial charge < -0.3 is 5.32 Å². The molecule has 0 bridgehead atoms. The van der Waals surface area contributed by atoms with Crippen LogP contribution in [0.3, 0.4) is 0 Å². The van der Waals surface area contributed by atoms with Crippen molar-refractivity contribution in [3.63, 3.8) is 0 Å². The maximum absolute atomic E-state index is 12.5. The van der Waals surface area contributed by atoms with Crippen LogP contribution in [0.2, 0.25) is 5.02 Å². The van der Waals surface area contributed by atoms with E-state index in [0.717, 1.165) is 16.8 Å². The van der Waals surface area contributed by atoms with Gasteiger partial charge in [-0.1, -0.05) is 41.9 Å². The Labute approximate surface area is 170 Å². The first kappa shape index (κ1) is 20.0. The van der Waals surface area contributed by atoms with Crippen LogP contribution in [0.4, 0.5) is 0 Å². The van der Waals surface area contributed by atoms with Crippen LogP contribution in [0, 0.1) is 0 Å². The van der Waals surface area contributed by atoms with E-state index in [4.69, 9.17) is 11.6 Å². The third-order valence-corrected chi connectivity index (χ3v) is 5.21. The summed E-state index contributed by atoms with van der Waals surface area (Å²) in [6.45, 7) is 4.31. The Morgan fingerprint density at radius 1 is 1.18 bits per heavy atom. The molecule has 1 amide bonds. The van der Waals surface area contributed by atoms with Crippen LogP contribution >= 0.6 is 11.6 Å². The SMILES string of the molecule is C[C@H](NC(=O)CN(C)[C@H](C)c1ccc(-n2cncn2)cc1)c1ccccc1Cl. The molecule has 0 saturated carbocycles. The van der Waals surface area contributed by atoms with E-state index >= 15 is 0 Å². The normalized spacial score (nSPS) is 13.3. The lowest BCUT2D eigenvalue weighted by molar-refractivity contribution is -0.123. The Morgan fingerprint density at radius 3 is 2.54 bits per heavy atom. The van der Waals surface area contributed by atoms with Gasteiger partial charge in [0.2, 0.25) is 5.91 Å². The molecule has 0 fully saturated rings. The number of nitrogens with zero attached hydrogens (tertiary/aromatic N) is 4. The number of aromatic nitrogens is 3. The van der Waals surface area contributed by atoms with E-state index in [1.807, 2.05) is 67.4 Å². The summed E-state index contributed by atoms with van der Waals surface area (Å²) in [6.07, 6.45) is 3.17. The fraction of sp³-hybridized carbons (Fsp3) is 0.286. The van der Waals surface area contributed by atoms with Crippen molar-refractivity contribution in [3.05, 3.63) is 77.3 Å². The van der Waals surface area contributed by atoms with Crippen molar-refractivity contribution in [3.8, 4) is 5.69 Å². The lowest BCUT2D eigenvalue weighted by Gasteiger charge is -2.25. The number of amides is 1. The summed E-state index contributed by atoms with van der Waals surface area (Å²) in [6, 6.07) is 15.6. The number of benzene rings is 2. The van der Waals surface area contributed by atoms with Crippen molar-refractivity contribution in [2.45, 2.75) is 25.9 Å². The predicted molar refractivity (Wildman–Crippen MR) is 110 cm³/mol. The molecule has 28 heavy (non-hydrogen) atoms. The van der Waals surface area contributed by atoms with Gasteiger partial charge in [-0.3, -0.25) is 9.69 Å². The van der Waals surface area contributed by atoms with Gasteiger partial charge in [0.15, 0.2) is 0 Å². The van der Waals surface area contributed by atoms with Crippen LogP contribution in [0.15, 0.2) is 61.2 Å². The number of carbonyl (C=O) groups excluding carboxylic acids is 1. The molecule has 0 aliphatic rings. The summed E-state index contributed by atoms with van der Waals surface area (Å²) in [5.41, 5.74) is 2.98. The fourth-order valence-corrected chi connectivity index (χ4v) is 3.36. The van der Waals surface area contributed by atoms with Crippen LogP contribution < -0.4 is 5.32 Å². The van der Waals surface area contributed by atoms with Crippen molar-refractivity contribution in [2.75, 3.05) is 13.6 Å². The van der Waals surface area contributed by atoms with Crippen LogP contribution in [-0.4, -0.2) is 39.2 Å². The second kappa shape index (κ2) is 8.99. The van der Waals surface area contributed by atoms with Gasteiger partial charge in [0, 0.05) is 11.1 Å². The molecule has 1 aromatic heterocycles. The highest BCUT2D eigenvalue weighted by atomic mass is 35.5. The van der Waals surface area contributed by atoms with Gasteiger partial charge in [-0.05, 0) is 50.2 Å². The molecule has 146 valence electrons. The van der Waals surface area contributed by atoms with Crippen LogP contribution in [0.25, 0.3) is 5.69 Å². The zero-order valence-electron chi connectivity index (χ0n) is 16.2. The number of likely N-dealkylation sites (N-methyl/N-ethyl adjacent to an activating group) is 1. The zero-order valence-corrected chi connectivity index (χ0v) is 17.0. The van der Waals surface area contributed by atoms with E-state index in [0.29, 0.717) is 11.6 Å². The first-order chi connectivity index (χ1) is 13.5. The lowest BCUT2D eigenvalue weighted by Crippen LogP contribution is -2.37. The van der Waals surface area contributed by atoms with E-state index in [9.17, 15) is 4.79 Å². The van der Waals surface area contributed by atoms with Gasteiger partial charge in [-0.2, -0.15) is 5.10 Å². The number of nitrogens with one attached hydrogen (secondary N) is 1. The van der Waals surface area contributed by atoms with Gasteiger partial charge in [0.05, 0.1) is 18.3 Å². The molecule has 2 atom stereocenters. The van der Waals surface area contributed by atoms with Gasteiger partial charge >= 0.3 is 0 Å². The molecule has 0 aliphatic heterocycles. The van der Waals surface area contributed by atoms with Crippen molar-refractivity contribution in [1.29, 1.82) is 0 Å². The monoisotopic (exact) mass is 397 g/mol. The number of hydrogen-bond acceptors (Lipinski definition) is 4. The number of rotatable bonds is 7. The second-order valence-corrected chi connectivity index (χ2v) is 7.24. The molecule has 3 rings (SSSR count). The topological polar surface area (TPSA) is 63.1 Å². The molecule has 3 aromatic rings. The molecule has 1 N–H and O–H groups in total. The van der Waals surface area contributed by atoms with E-state index < -0.39 is 0 Å². The standard InChI is InChI=1S/C21H24ClN5O/c1-15(19-6-4-5-7-20(19)22)25-21(28)12-26(3)16(2)17-8-10-18(11-9-17)27-14-23-13-24-27/h4-11,13-16H,12H2,1-3H3,(H,25,28)/t15-,16+/m0/s1. The summed E-state index contributed by atoms with van der Waals surface area (Å²) < 4.78 is 1.71. The smallest absolute Gasteiger partial charge is 0.234 e. The molecule has 0 saturated heterocycles. The van der Waals surface area contributed by atoms with Gasteiger partial charge in [0.1, 0.15) is 12.7 Å². The van der Waals surface area contributed by atoms with Crippen LogP contribution in [-0.2, 0) is 4.79 Å². The predicted octanol–water partition coefficient (Wildman–Crippen LogP) is 3.79. The van der Waals surface area contributed by atoms with E-state index in [-0.39, 0.29) is 18.0 Å². The lowest BCUT2D eigenvalue weighted by atomic mass is 10.1. The Morgan fingerprint density at radius 2 is 1.89 bits per heavy atom. The fourth-order valence-electron chi connectivity index (χ4n) is 3.06. The van der Waals surface area contributed by atoms with Crippen molar-refractivity contribution < 1.29 is 4.79 Å². The van der Waals surface area contributed by atoms with E-state index in [1.165, 1.54) is 6.33 Å². The molecular formula is C21H24ClN5O. The highest BCUT2D eigenvalue weighted by molar-refractivity contribution is 6.31. The number of halogens is 1. The first-order valence-electron chi connectivity index (χ1n) is 9.14. The van der Waals surface area contributed by atoms with Gasteiger partial charge in [0.25, 0.3) is 0 Å². The Balaban J connectivity index is 1.58. The average Bonchev–Trinajstić information content (AvgIpc) is 3.22. The Bertz CT molecular complexity index is 911. The quantitative estimate of drug-likeness (QED) is 0.658. The van der Waals surface area contributed by atoms with Crippen LogP contribution in [0.5, 0.6) is 0 Å². The molecular weight excluding hydrogens is 374 g/mol. The van der Waals surface area contributed by atoms with Crippen LogP contribution in [0.1, 0.15) is 37.1 Å². The average molecular weight is 398 g/mol. The Hall–Kier alpha value is -2.70. The van der Waals surface area contributed by atoms with Gasteiger partial charge in [-0.25, -0.2) is 9.67 Å². The second-order valence-electron chi connectivity index (χ2n) is 6.83. The molecule has 0 radical (unpaired) electrons. The summed E-state index contributed by atoms with van der Waals surface area (Å²) in [5, 5.41) is 7.80. The minimum absolute atomic E-state index is 0.0407. The summed E-state index contributed by atoms with van der Waals surface area (Å²) in [4.78, 5) is 18.5. The molecule has 0 unspecified atom stereocenters. The minimum Gasteiger partial charge on any atom is -0.348 e. The largest absolute Gasteiger partial charge is 0.348 e. The van der Waals surface area contributed by atoms with E-state index in [1.54, 1.807) is 11.0 Å². The first-order valence-corrected chi connectivity index (χ1v) is 9.52. The zero-order chi connectivity index (χ0) is 20.1. The van der Waals surface area contributed by atoms with Gasteiger partial charge in [-0.15, -0.1) is 0 Å². The number of hydrogen-bond donors (Lipinski definition) is 1. The molecule has 0 aliphatic carbocycles. The highest BCUT2D eigenvalue weighted by Crippen LogP contribution is 2.23. The maximum Gasteiger partial charge on any atom is 0.234 e. The van der Waals surface area contributed by atoms with E-state index in [2.05, 4.69) is 22.3 Å². The molecule has 7 heteroatoms. The molecule has 2 aromatic carbocycles. The molecule has 6 nitrogen and oxygen atoms in total. The molecule has 1 heterocycles. The molecule has 0 spiro atoms. The number of carbonyl (C=O) groups is 1. The summed E-state index contributed by atoms with van der Waals surface area (Å²) in [5.74, 6) is -0.0407. The summed E-state index contributed by atoms with van der Waals surface area (Å²) in [7, 11) is 1.94. The third kappa shape index (κ3) is 4.77. The summed E-state index contributed by atoms with van der Waals surface area (Å²) >= 11 is 6.22.